The summed E-state index contributed by atoms with van der Waals surface area (Å²) in [6.07, 6.45) is 4.52. The van der Waals surface area contributed by atoms with Gasteiger partial charge in [-0.15, -0.1) is 0 Å². The zero-order chi connectivity index (χ0) is 14.9. The molecule has 1 aliphatic heterocycles. The van der Waals surface area contributed by atoms with Gasteiger partial charge in [-0.3, -0.25) is 9.98 Å². The first-order valence-corrected chi connectivity index (χ1v) is 7.25. The van der Waals surface area contributed by atoms with E-state index in [2.05, 4.69) is 48.9 Å². The Kier molecular flexibility index (Phi) is 3.60. The molecule has 0 spiro atoms. The second-order valence-electron chi connectivity index (χ2n) is 6.34. The first-order chi connectivity index (χ1) is 10.0. The lowest BCUT2D eigenvalue weighted by Crippen LogP contribution is -2.23. The molecule has 2 heterocycles. The molecule has 0 saturated heterocycles. The highest BCUT2D eigenvalue weighted by Gasteiger charge is 2.18. The summed E-state index contributed by atoms with van der Waals surface area (Å²) in [5, 5.41) is 0. The molecule has 0 radical (unpaired) electrons. The first kappa shape index (κ1) is 14.0. The van der Waals surface area contributed by atoms with Crippen molar-refractivity contribution in [3.8, 4) is 11.1 Å². The van der Waals surface area contributed by atoms with E-state index in [1.807, 2.05) is 24.5 Å². The molecule has 2 aromatic rings. The van der Waals surface area contributed by atoms with Crippen LogP contribution in [0.4, 0.5) is 5.69 Å². The summed E-state index contributed by atoms with van der Waals surface area (Å²) in [6, 6.07) is 10.5. The molecule has 3 heteroatoms. The van der Waals surface area contributed by atoms with Gasteiger partial charge >= 0.3 is 0 Å². The summed E-state index contributed by atoms with van der Waals surface area (Å²) in [6.45, 7) is 6.80. The van der Waals surface area contributed by atoms with Crippen LogP contribution in [0.2, 0.25) is 0 Å². The minimum absolute atomic E-state index is 0.126. The molecule has 3 rings (SSSR count). The van der Waals surface area contributed by atoms with E-state index < -0.39 is 0 Å². The number of aromatic nitrogens is 1. The number of hydrogen-bond acceptors (Lipinski definition) is 3. The summed E-state index contributed by atoms with van der Waals surface area (Å²) in [5.41, 5.74) is 5.72. The van der Waals surface area contributed by atoms with E-state index in [-0.39, 0.29) is 5.60 Å². The van der Waals surface area contributed by atoms with Crippen LogP contribution in [-0.2, 0) is 11.2 Å². The number of pyridine rings is 1. The van der Waals surface area contributed by atoms with Crippen molar-refractivity contribution in [3.63, 3.8) is 0 Å². The molecule has 0 fully saturated rings. The van der Waals surface area contributed by atoms with Crippen molar-refractivity contribution in [2.45, 2.75) is 32.8 Å². The average molecular weight is 280 g/mol. The average Bonchev–Trinajstić information content (AvgIpc) is 2.87. The fraction of sp³-hybridized carbons (Fsp3) is 0.333. The van der Waals surface area contributed by atoms with E-state index in [0.29, 0.717) is 6.61 Å². The largest absolute Gasteiger partial charge is 0.370 e. The minimum atomic E-state index is -0.126. The molecule has 0 aliphatic carbocycles. The van der Waals surface area contributed by atoms with Gasteiger partial charge in [0.05, 0.1) is 17.9 Å². The van der Waals surface area contributed by atoms with Crippen LogP contribution < -0.4 is 0 Å². The number of rotatable bonds is 3. The van der Waals surface area contributed by atoms with Gasteiger partial charge in [0, 0.05) is 24.5 Å². The van der Waals surface area contributed by atoms with Gasteiger partial charge in [0.1, 0.15) is 0 Å². The lowest BCUT2D eigenvalue weighted by Gasteiger charge is -2.19. The van der Waals surface area contributed by atoms with E-state index in [1.54, 1.807) is 0 Å². The Morgan fingerprint density at radius 1 is 1.05 bits per heavy atom. The van der Waals surface area contributed by atoms with Crippen LogP contribution in [0.5, 0.6) is 0 Å². The molecule has 1 aromatic carbocycles. The Morgan fingerprint density at radius 2 is 1.81 bits per heavy atom. The summed E-state index contributed by atoms with van der Waals surface area (Å²) >= 11 is 0. The van der Waals surface area contributed by atoms with Gasteiger partial charge < -0.3 is 4.74 Å². The lowest BCUT2D eigenvalue weighted by molar-refractivity contribution is 0.0210. The smallest absolute Gasteiger partial charge is 0.0859 e. The number of benzene rings is 1. The Morgan fingerprint density at radius 3 is 2.52 bits per heavy atom. The van der Waals surface area contributed by atoms with E-state index >= 15 is 0 Å². The Labute approximate surface area is 125 Å². The maximum atomic E-state index is 5.82. The second kappa shape index (κ2) is 5.41. The van der Waals surface area contributed by atoms with Crippen molar-refractivity contribution in [1.82, 2.24) is 4.98 Å². The molecule has 1 aromatic heterocycles. The number of ether oxygens (including phenoxy) is 1. The van der Waals surface area contributed by atoms with Crippen LogP contribution >= 0.6 is 0 Å². The molecule has 0 unspecified atom stereocenters. The zero-order valence-electron chi connectivity index (χ0n) is 12.8. The molecular formula is C18H20N2O. The third-order valence-corrected chi connectivity index (χ3v) is 3.44. The molecule has 108 valence electrons. The van der Waals surface area contributed by atoms with Crippen LogP contribution in [0, 0.1) is 0 Å². The number of nitrogens with zero attached hydrogens (tertiary/aromatic N) is 2. The second-order valence-corrected chi connectivity index (χ2v) is 6.34. The van der Waals surface area contributed by atoms with Crippen molar-refractivity contribution < 1.29 is 4.74 Å². The standard InChI is InChI=1S/C18H20N2O/c1-18(2,3)21-12-16-11-15-10-14(4-5-17(15)20-16)13-6-8-19-9-7-13/h4-10H,11-12H2,1-3H3. The summed E-state index contributed by atoms with van der Waals surface area (Å²) in [4.78, 5) is 8.73. The fourth-order valence-corrected chi connectivity index (χ4v) is 2.37. The monoisotopic (exact) mass is 280 g/mol. The molecule has 21 heavy (non-hydrogen) atoms. The highest BCUT2D eigenvalue weighted by Crippen LogP contribution is 2.31. The Balaban J connectivity index is 1.76. The molecule has 0 saturated carbocycles. The van der Waals surface area contributed by atoms with E-state index in [4.69, 9.17) is 4.74 Å². The van der Waals surface area contributed by atoms with Crippen LogP contribution in [0.25, 0.3) is 11.1 Å². The highest BCUT2D eigenvalue weighted by molar-refractivity contribution is 5.95. The van der Waals surface area contributed by atoms with Gasteiger partial charge in [-0.1, -0.05) is 6.07 Å². The van der Waals surface area contributed by atoms with Crippen LogP contribution in [0.3, 0.4) is 0 Å². The lowest BCUT2D eigenvalue weighted by atomic mass is 10.0. The van der Waals surface area contributed by atoms with Gasteiger partial charge in [0.25, 0.3) is 0 Å². The third-order valence-electron chi connectivity index (χ3n) is 3.44. The minimum Gasteiger partial charge on any atom is -0.370 e. The Hall–Kier alpha value is -2.00. The summed E-state index contributed by atoms with van der Waals surface area (Å²) < 4.78 is 5.82. The van der Waals surface area contributed by atoms with Crippen LogP contribution in [0.1, 0.15) is 26.3 Å². The molecular weight excluding hydrogens is 260 g/mol. The zero-order valence-corrected chi connectivity index (χ0v) is 12.8. The third kappa shape index (κ3) is 3.37. The number of fused-ring (bicyclic) bond motifs is 1. The predicted molar refractivity (Wildman–Crippen MR) is 86.2 cm³/mol. The predicted octanol–water partition coefficient (Wildman–Crippen LogP) is 4.19. The van der Waals surface area contributed by atoms with E-state index in [0.717, 1.165) is 17.8 Å². The fourth-order valence-electron chi connectivity index (χ4n) is 2.37. The van der Waals surface area contributed by atoms with Crippen molar-refractivity contribution in [2.24, 2.45) is 4.99 Å². The summed E-state index contributed by atoms with van der Waals surface area (Å²) in [7, 11) is 0. The summed E-state index contributed by atoms with van der Waals surface area (Å²) in [5.74, 6) is 0. The molecule has 0 N–H and O–H groups in total. The maximum absolute atomic E-state index is 5.82. The topological polar surface area (TPSA) is 34.5 Å². The van der Waals surface area contributed by atoms with Gasteiger partial charge in [-0.25, -0.2) is 0 Å². The van der Waals surface area contributed by atoms with Crippen molar-refractivity contribution in [3.05, 3.63) is 48.3 Å². The molecule has 0 bridgehead atoms. The SMILES string of the molecule is CC(C)(C)OCC1=Nc2ccc(-c3ccncc3)cc2C1. The maximum Gasteiger partial charge on any atom is 0.0859 e. The van der Waals surface area contributed by atoms with Gasteiger partial charge in [-0.05, 0) is 61.7 Å². The number of hydrogen-bond donors (Lipinski definition) is 0. The Bertz CT molecular complexity index is 669. The van der Waals surface area contributed by atoms with E-state index in [9.17, 15) is 0 Å². The first-order valence-electron chi connectivity index (χ1n) is 7.25. The van der Waals surface area contributed by atoms with Gasteiger partial charge in [-0.2, -0.15) is 0 Å². The number of aliphatic imine (C=N–C) groups is 1. The quantitative estimate of drug-likeness (QED) is 0.844. The van der Waals surface area contributed by atoms with Crippen molar-refractivity contribution >= 4 is 11.4 Å². The van der Waals surface area contributed by atoms with Crippen molar-refractivity contribution in [2.75, 3.05) is 6.61 Å². The molecule has 0 amide bonds. The van der Waals surface area contributed by atoms with Gasteiger partial charge in [0.2, 0.25) is 0 Å². The molecule has 3 nitrogen and oxygen atoms in total. The van der Waals surface area contributed by atoms with Crippen molar-refractivity contribution in [1.29, 1.82) is 0 Å². The highest BCUT2D eigenvalue weighted by atomic mass is 16.5. The molecule has 1 aliphatic rings. The van der Waals surface area contributed by atoms with E-state index in [1.165, 1.54) is 16.7 Å². The normalized spacial score (nSPS) is 14.0. The van der Waals surface area contributed by atoms with Crippen LogP contribution in [-0.4, -0.2) is 22.9 Å². The molecule has 0 atom stereocenters. The van der Waals surface area contributed by atoms with Crippen LogP contribution in [0.15, 0.2) is 47.7 Å². The van der Waals surface area contributed by atoms with Gasteiger partial charge in [0.15, 0.2) is 0 Å².